The van der Waals surface area contributed by atoms with Crippen molar-refractivity contribution in [1.82, 2.24) is 4.90 Å². The van der Waals surface area contributed by atoms with Crippen molar-refractivity contribution in [3.63, 3.8) is 0 Å². The number of hydrogen-bond donors (Lipinski definition) is 0. The summed E-state index contributed by atoms with van der Waals surface area (Å²) in [4.78, 5) is 14.3. The van der Waals surface area contributed by atoms with Gasteiger partial charge in [-0.2, -0.15) is 0 Å². The molecule has 0 bridgehead atoms. The fourth-order valence-corrected chi connectivity index (χ4v) is 3.93. The summed E-state index contributed by atoms with van der Waals surface area (Å²) in [5.41, 5.74) is 0.691. The lowest BCUT2D eigenvalue weighted by atomic mass is 9.94. The van der Waals surface area contributed by atoms with Crippen molar-refractivity contribution in [1.29, 1.82) is 0 Å². The summed E-state index contributed by atoms with van der Waals surface area (Å²) in [6.07, 6.45) is 1.75. The van der Waals surface area contributed by atoms with Gasteiger partial charge in [0.25, 0.3) is 0 Å². The highest BCUT2D eigenvalue weighted by molar-refractivity contribution is 7.91. The van der Waals surface area contributed by atoms with Crippen LogP contribution in [0.3, 0.4) is 0 Å². The molecule has 2 aliphatic rings. The van der Waals surface area contributed by atoms with Crippen LogP contribution < -0.4 is 0 Å². The van der Waals surface area contributed by atoms with Crippen LogP contribution in [-0.2, 0) is 20.0 Å². The average molecular weight is 279 g/mol. The molecule has 1 aliphatic heterocycles. The molecule has 1 saturated carbocycles. The van der Waals surface area contributed by atoms with Crippen molar-refractivity contribution < 1.29 is 13.2 Å². The van der Waals surface area contributed by atoms with Crippen molar-refractivity contribution in [2.75, 3.05) is 24.6 Å². The topological polar surface area (TPSA) is 54.5 Å². The molecule has 0 unspecified atom stereocenters. The van der Waals surface area contributed by atoms with Gasteiger partial charge in [-0.3, -0.25) is 4.79 Å². The van der Waals surface area contributed by atoms with Gasteiger partial charge in [-0.1, -0.05) is 30.3 Å². The van der Waals surface area contributed by atoms with Crippen LogP contribution in [-0.4, -0.2) is 43.8 Å². The second-order valence-electron chi connectivity index (χ2n) is 5.39. The molecule has 102 valence electrons. The Kier molecular flexibility index (Phi) is 2.89. The van der Waals surface area contributed by atoms with E-state index in [9.17, 15) is 13.2 Å². The summed E-state index contributed by atoms with van der Waals surface area (Å²) in [5.74, 6) is 0.307. The number of sulfone groups is 1. The molecule has 1 saturated heterocycles. The maximum Gasteiger partial charge on any atom is 0.233 e. The molecule has 0 radical (unpaired) electrons. The van der Waals surface area contributed by atoms with Crippen LogP contribution in [0.1, 0.15) is 18.4 Å². The Labute approximate surface area is 113 Å². The van der Waals surface area contributed by atoms with Crippen molar-refractivity contribution in [3.05, 3.63) is 35.9 Å². The van der Waals surface area contributed by atoms with E-state index in [1.54, 1.807) is 4.90 Å². The molecular weight excluding hydrogens is 262 g/mol. The maximum absolute atomic E-state index is 12.6. The molecule has 0 atom stereocenters. The molecule has 5 heteroatoms. The predicted octanol–water partition coefficient (Wildman–Crippen LogP) is 0.975. The van der Waals surface area contributed by atoms with E-state index in [0.29, 0.717) is 13.1 Å². The fourth-order valence-electron chi connectivity index (χ4n) is 2.73. The molecule has 0 N–H and O–H groups in total. The minimum atomic E-state index is -2.93. The van der Waals surface area contributed by atoms with Crippen LogP contribution >= 0.6 is 0 Å². The van der Waals surface area contributed by atoms with Crippen molar-refractivity contribution >= 4 is 15.7 Å². The van der Waals surface area contributed by atoms with Crippen LogP contribution in [0, 0.1) is 0 Å². The lowest BCUT2D eigenvalue weighted by molar-refractivity contribution is -0.133. The van der Waals surface area contributed by atoms with Gasteiger partial charge in [0.1, 0.15) is 0 Å². The first-order valence-electron chi connectivity index (χ1n) is 6.59. The van der Waals surface area contributed by atoms with E-state index in [1.165, 1.54) is 0 Å². The van der Waals surface area contributed by atoms with E-state index in [-0.39, 0.29) is 22.8 Å². The summed E-state index contributed by atoms with van der Waals surface area (Å²) in [6, 6.07) is 9.82. The molecule has 19 heavy (non-hydrogen) atoms. The standard InChI is InChI=1S/C14H17NO3S/c16-13(15-8-10-19(17,18)11-9-15)14(6-7-14)12-4-2-1-3-5-12/h1-5H,6-11H2. The van der Waals surface area contributed by atoms with Gasteiger partial charge in [-0.25, -0.2) is 8.42 Å². The number of nitrogens with zero attached hydrogens (tertiary/aromatic N) is 1. The first kappa shape index (κ1) is 12.7. The zero-order chi connectivity index (χ0) is 13.5. The fraction of sp³-hybridized carbons (Fsp3) is 0.500. The van der Waals surface area contributed by atoms with Crippen LogP contribution in [0.15, 0.2) is 30.3 Å². The Morgan fingerprint density at radius 1 is 1.05 bits per heavy atom. The minimum absolute atomic E-state index is 0.101. The highest BCUT2D eigenvalue weighted by atomic mass is 32.2. The predicted molar refractivity (Wildman–Crippen MR) is 72.6 cm³/mol. The van der Waals surface area contributed by atoms with Crippen LogP contribution in [0.2, 0.25) is 0 Å². The van der Waals surface area contributed by atoms with Gasteiger partial charge in [0, 0.05) is 13.1 Å². The van der Waals surface area contributed by atoms with E-state index in [0.717, 1.165) is 18.4 Å². The molecule has 1 heterocycles. The minimum Gasteiger partial charge on any atom is -0.340 e. The quantitative estimate of drug-likeness (QED) is 0.811. The van der Waals surface area contributed by atoms with Gasteiger partial charge in [0.15, 0.2) is 9.84 Å². The number of amides is 1. The molecular formula is C14H17NO3S. The van der Waals surface area contributed by atoms with Gasteiger partial charge in [0.2, 0.25) is 5.91 Å². The van der Waals surface area contributed by atoms with E-state index < -0.39 is 9.84 Å². The second kappa shape index (κ2) is 4.34. The molecule has 2 fully saturated rings. The summed E-state index contributed by atoms with van der Waals surface area (Å²) < 4.78 is 22.8. The number of hydrogen-bond acceptors (Lipinski definition) is 3. The van der Waals surface area contributed by atoms with Crippen molar-refractivity contribution in [2.24, 2.45) is 0 Å². The Bertz CT molecular complexity index is 576. The van der Waals surface area contributed by atoms with E-state index in [4.69, 9.17) is 0 Å². The lowest BCUT2D eigenvalue weighted by Crippen LogP contribution is -2.47. The third-order valence-electron chi connectivity index (χ3n) is 4.12. The van der Waals surface area contributed by atoms with Gasteiger partial charge in [-0.15, -0.1) is 0 Å². The lowest BCUT2D eigenvalue weighted by Gasteiger charge is -2.30. The Morgan fingerprint density at radius 3 is 2.16 bits per heavy atom. The Morgan fingerprint density at radius 2 is 1.63 bits per heavy atom. The largest absolute Gasteiger partial charge is 0.340 e. The third kappa shape index (κ3) is 2.27. The highest BCUT2D eigenvalue weighted by Crippen LogP contribution is 2.49. The third-order valence-corrected chi connectivity index (χ3v) is 5.73. The summed E-state index contributed by atoms with van der Waals surface area (Å²) >= 11 is 0. The summed E-state index contributed by atoms with van der Waals surface area (Å²) in [6.45, 7) is 0.686. The second-order valence-corrected chi connectivity index (χ2v) is 7.70. The first-order chi connectivity index (χ1) is 9.04. The number of rotatable bonds is 2. The van der Waals surface area contributed by atoms with E-state index in [2.05, 4.69) is 0 Å². The highest BCUT2D eigenvalue weighted by Gasteiger charge is 2.53. The molecule has 0 spiro atoms. The monoisotopic (exact) mass is 279 g/mol. The number of carbonyl (C=O) groups is 1. The number of carbonyl (C=O) groups excluding carboxylic acids is 1. The average Bonchev–Trinajstić information content (AvgIpc) is 3.20. The van der Waals surface area contributed by atoms with Crippen molar-refractivity contribution in [2.45, 2.75) is 18.3 Å². The zero-order valence-electron chi connectivity index (χ0n) is 10.7. The SMILES string of the molecule is O=C(N1CCS(=O)(=O)CC1)C1(c2ccccc2)CC1. The van der Waals surface area contributed by atoms with Crippen molar-refractivity contribution in [3.8, 4) is 0 Å². The molecule has 1 aliphatic carbocycles. The molecule has 4 nitrogen and oxygen atoms in total. The molecule has 1 aromatic rings. The first-order valence-corrected chi connectivity index (χ1v) is 8.41. The van der Waals surface area contributed by atoms with E-state index in [1.807, 2.05) is 30.3 Å². The van der Waals surface area contributed by atoms with Crippen LogP contribution in [0.5, 0.6) is 0 Å². The zero-order valence-corrected chi connectivity index (χ0v) is 11.5. The summed E-state index contributed by atoms with van der Waals surface area (Å²) in [7, 11) is -2.93. The maximum atomic E-state index is 12.6. The van der Waals surface area contributed by atoms with Gasteiger partial charge >= 0.3 is 0 Å². The summed E-state index contributed by atoms with van der Waals surface area (Å²) in [5, 5.41) is 0. The van der Waals surface area contributed by atoms with Crippen LogP contribution in [0.25, 0.3) is 0 Å². The van der Waals surface area contributed by atoms with Gasteiger partial charge < -0.3 is 4.90 Å². The molecule has 0 aromatic heterocycles. The van der Waals surface area contributed by atoms with Gasteiger partial charge in [0.05, 0.1) is 16.9 Å². The Balaban J connectivity index is 1.78. The Hall–Kier alpha value is -1.36. The van der Waals surface area contributed by atoms with Crippen LogP contribution in [0.4, 0.5) is 0 Å². The smallest absolute Gasteiger partial charge is 0.233 e. The van der Waals surface area contributed by atoms with Gasteiger partial charge in [-0.05, 0) is 18.4 Å². The molecule has 3 rings (SSSR count). The van der Waals surface area contributed by atoms with E-state index >= 15 is 0 Å². The normalized spacial score (nSPS) is 23.9. The number of benzene rings is 1. The molecule has 1 amide bonds. The molecule has 1 aromatic carbocycles.